The zero-order valence-corrected chi connectivity index (χ0v) is 11.7. The third-order valence-corrected chi connectivity index (χ3v) is 5.92. The van der Waals surface area contributed by atoms with Crippen LogP contribution in [0.4, 0.5) is 0 Å². The number of hydrogen-bond donors (Lipinski definition) is 1. The highest BCUT2D eigenvalue weighted by Crippen LogP contribution is 2.25. The van der Waals surface area contributed by atoms with Gasteiger partial charge in [-0.2, -0.15) is 0 Å². The fourth-order valence-corrected chi connectivity index (χ4v) is 3.34. The largest absolute Gasteiger partial charge is 0.391 e. The molecule has 0 aliphatic carbocycles. The summed E-state index contributed by atoms with van der Waals surface area (Å²) in [5.41, 5.74) is 0. The molecule has 1 heterocycles. The third kappa shape index (κ3) is 3.55. The zero-order chi connectivity index (χ0) is 11.6. The van der Waals surface area contributed by atoms with Crippen molar-refractivity contribution in [3.8, 4) is 0 Å². The highest BCUT2D eigenvalue weighted by Gasteiger charge is 2.24. The molecule has 2 atom stereocenters. The van der Waals surface area contributed by atoms with E-state index in [2.05, 4.69) is 15.9 Å². The minimum atomic E-state index is -3.18. The number of rotatable bonds is 4. The normalized spacial score (nSPS) is 16.3. The molecule has 6 heteroatoms. The lowest BCUT2D eigenvalue weighted by molar-refractivity contribution is 0.174. The van der Waals surface area contributed by atoms with Gasteiger partial charge in [0.05, 0.1) is 11.4 Å². The topological polar surface area (TPSA) is 54.4 Å². The Labute approximate surface area is 102 Å². The van der Waals surface area contributed by atoms with Gasteiger partial charge in [-0.25, -0.2) is 8.42 Å². The predicted octanol–water partition coefficient (Wildman–Crippen LogP) is 1.85. The quantitative estimate of drug-likeness (QED) is 0.923. The van der Waals surface area contributed by atoms with Crippen molar-refractivity contribution >= 4 is 37.1 Å². The maximum Gasteiger partial charge on any atom is 0.152 e. The Morgan fingerprint density at radius 3 is 2.60 bits per heavy atom. The highest BCUT2D eigenvalue weighted by atomic mass is 79.9. The van der Waals surface area contributed by atoms with Crippen LogP contribution in [-0.4, -0.2) is 31.1 Å². The molecule has 15 heavy (non-hydrogen) atoms. The van der Waals surface area contributed by atoms with E-state index in [0.717, 1.165) is 15.6 Å². The molecule has 1 aromatic heterocycles. The number of sulfone groups is 1. The van der Waals surface area contributed by atoms with Crippen molar-refractivity contribution < 1.29 is 13.5 Å². The van der Waals surface area contributed by atoms with Crippen molar-refractivity contribution in [3.63, 3.8) is 0 Å². The Kier molecular flexibility index (Phi) is 4.34. The summed E-state index contributed by atoms with van der Waals surface area (Å²) in [6, 6.07) is 1.89. The van der Waals surface area contributed by atoms with E-state index >= 15 is 0 Å². The second kappa shape index (κ2) is 4.95. The van der Waals surface area contributed by atoms with Gasteiger partial charge < -0.3 is 5.11 Å². The molecular weight excluding hydrogens is 300 g/mol. The monoisotopic (exact) mass is 312 g/mol. The van der Waals surface area contributed by atoms with Crippen LogP contribution in [0.15, 0.2) is 15.9 Å². The molecule has 0 bridgehead atoms. The molecule has 1 aromatic rings. The standard InChI is InChI=1S/C9H13BrO3S2/c1-6(15(2,12)13)8(11)5-9-7(10)3-4-14-9/h3-4,6,8,11H,5H2,1-2H3. The SMILES string of the molecule is CC(C(O)Cc1sccc1Br)S(C)(=O)=O. The van der Waals surface area contributed by atoms with E-state index in [4.69, 9.17) is 0 Å². The van der Waals surface area contributed by atoms with Gasteiger partial charge in [0.25, 0.3) is 0 Å². The molecule has 1 N–H and O–H groups in total. The van der Waals surface area contributed by atoms with Crippen molar-refractivity contribution in [2.45, 2.75) is 24.7 Å². The van der Waals surface area contributed by atoms with E-state index < -0.39 is 21.2 Å². The Morgan fingerprint density at radius 1 is 1.60 bits per heavy atom. The maximum absolute atomic E-state index is 11.2. The van der Waals surface area contributed by atoms with Gasteiger partial charge in [-0.05, 0) is 34.3 Å². The van der Waals surface area contributed by atoms with Crippen LogP contribution in [0.25, 0.3) is 0 Å². The van der Waals surface area contributed by atoms with Crippen LogP contribution in [0.5, 0.6) is 0 Å². The summed E-state index contributed by atoms with van der Waals surface area (Å²) in [4.78, 5) is 0.970. The summed E-state index contributed by atoms with van der Waals surface area (Å²) in [6.45, 7) is 1.53. The van der Waals surface area contributed by atoms with Gasteiger partial charge in [-0.15, -0.1) is 11.3 Å². The summed E-state index contributed by atoms with van der Waals surface area (Å²) in [5, 5.41) is 10.9. The van der Waals surface area contributed by atoms with E-state index in [1.54, 1.807) is 0 Å². The first kappa shape index (κ1) is 13.2. The summed E-state index contributed by atoms with van der Waals surface area (Å²) in [7, 11) is -3.18. The summed E-state index contributed by atoms with van der Waals surface area (Å²) < 4.78 is 23.4. The van der Waals surface area contributed by atoms with Gasteiger partial charge in [-0.3, -0.25) is 0 Å². The van der Waals surface area contributed by atoms with Gasteiger partial charge in [0.1, 0.15) is 0 Å². The Bertz CT molecular complexity index is 424. The summed E-state index contributed by atoms with van der Waals surface area (Å²) >= 11 is 4.85. The van der Waals surface area contributed by atoms with Gasteiger partial charge >= 0.3 is 0 Å². The van der Waals surface area contributed by atoms with E-state index in [-0.39, 0.29) is 0 Å². The number of halogens is 1. The van der Waals surface area contributed by atoms with Crippen LogP contribution < -0.4 is 0 Å². The molecule has 0 radical (unpaired) electrons. The van der Waals surface area contributed by atoms with Crippen LogP contribution in [0.1, 0.15) is 11.8 Å². The van der Waals surface area contributed by atoms with Gasteiger partial charge in [-0.1, -0.05) is 0 Å². The average Bonchev–Trinajstić information content (AvgIpc) is 2.49. The molecule has 0 saturated carbocycles. The highest BCUT2D eigenvalue weighted by molar-refractivity contribution is 9.10. The van der Waals surface area contributed by atoms with Crippen molar-refractivity contribution in [1.29, 1.82) is 0 Å². The number of thiophene rings is 1. The van der Waals surface area contributed by atoms with Crippen LogP contribution in [0.2, 0.25) is 0 Å². The van der Waals surface area contributed by atoms with Gasteiger partial charge in [0.15, 0.2) is 9.84 Å². The van der Waals surface area contributed by atoms with E-state index in [9.17, 15) is 13.5 Å². The molecule has 0 saturated heterocycles. The van der Waals surface area contributed by atoms with Crippen LogP contribution in [0.3, 0.4) is 0 Å². The lowest BCUT2D eigenvalue weighted by Crippen LogP contribution is -2.32. The average molecular weight is 313 g/mol. The molecule has 1 rings (SSSR count). The first-order valence-electron chi connectivity index (χ1n) is 4.41. The lowest BCUT2D eigenvalue weighted by Gasteiger charge is -2.16. The van der Waals surface area contributed by atoms with E-state index in [1.807, 2.05) is 11.4 Å². The fraction of sp³-hybridized carbons (Fsp3) is 0.556. The molecule has 0 aromatic carbocycles. The molecule has 86 valence electrons. The first-order valence-corrected chi connectivity index (χ1v) is 8.04. The number of aliphatic hydroxyl groups excluding tert-OH is 1. The van der Waals surface area contributed by atoms with Gasteiger partial charge in [0, 0.05) is 22.0 Å². The van der Waals surface area contributed by atoms with Crippen LogP contribution >= 0.6 is 27.3 Å². The van der Waals surface area contributed by atoms with Crippen LogP contribution in [-0.2, 0) is 16.3 Å². The molecule has 0 amide bonds. The maximum atomic E-state index is 11.2. The fourth-order valence-electron chi connectivity index (χ4n) is 1.11. The molecule has 3 nitrogen and oxygen atoms in total. The Hall–Kier alpha value is 0.0900. The second-order valence-electron chi connectivity index (χ2n) is 3.50. The Morgan fingerprint density at radius 2 is 2.20 bits per heavy atom. The summed E-state index contributed by atoms with van der Waals surface area (Å²) in [6.07, 6.45) is 0.659. The molecular formula is C9H13BrO3S2. The first-order chi connectivity index (χ1) is 6.82. The second-order valence-corrected chi connectivity index (χ2v) is 7.76. The molecule has 0 fully saturated rings. The number of aliphatic hydroxyl groups is 1. The molecule has 0 aliphatic heterocycles. The third-order valence-electron chi connectivity index (χ3n) is 2.30. The zero-order valence-electron chi connectivity index (χ0n) is 8.47. The smallest absolute Gasteiger partial charge is 0.152 e. The molecule has 0 aliphatic rings. The van der Waals surface area contributed by atoms with Crippen molar-refractivity contribution in [2.75, 3.05) is 6.26 Å². The minimum absolute atomic E-state index is 0.368. The van der Waals surface area contributed by atoms with Crippen molar-refractivity contribution in [2.24, 2.45) is 0 Å². The predicted molar refractivity (Wildman–Crippen MR) is 66.0 cm³/mol. The van der Waals surface area contributed by atoms with Crippen molar-refractivity contribution in [1.82, 2.24) is 0 Å². The Balaban J connectivity index is 2.72. The van der Waals surface area contributed by atoms with Crippen LogP contribution in [0, 0.1) is 0 Å². The lowest BCUT2D eigenvalue weighted by atomic mass is 10.2. The van der Waals surface area contributed by atoms with E-state index in [0.29, 0.717) is 6.42 Å². The molecule has 0 spiro atoms. The minimum Gasteiger partial charge on any atom is -0.391 e. The number of hydrogen-bond acceptors (Lipinski definition) is 4. The van der Waals surface area contributed by atoms with E-state index in [1.165, 1.54) is 18.3 Å². The summed E-state index contributed by atoms with van der Waals surface area (Å²) in [5.74, 6) is 0. The van der Waals surface area contributed by atoms with Gasteiger partial charge in [0.2, 0.25) is 0 Å². The van der Waals surface area contributed by atoms with Crippen molar-refractivity contribution in [3.05, 3.63) is 20.8 Å². The molecule has 2 unspecified atom stereocenters.